The van der Waals surface area contributed by atoms with Crippen LogP contribution in [0, 0.1) is 19.8 Å². The van der Waals surface area contributed by atoms with Crippen LogP contribution in [0.15, 0.2) is 30.3 Å². The van der Waals surface area contributed by atoms with E-state index in [0.29, 0.717) is 5.15 Å². The summed E-state index contributed by atoms with van der Waals surface area (Å²) in [7, 11) is 0. The second-order valence-corrected chi connectivity index (χ2v) is 8.26. The summed E-state index contributed by atoms with van der Waals surface area (Å²) >= 11 is 6.45. The first-order chi connectivity index (χ1) is 12.6. The quantitative estimate of drug-likeness (QED) is 0.589. The van der Waals surface area contributed by atoms with Crippen LogP contribution in [0.2, 0.25) is 5.15 Å². The Hall–Kier alpha value is -2.00. The minimum Gasteiger partial charge on any atom is -0.350 e. The van der Waals surface area contributed by atoms with Gasteiger partial charge in [0.05, 0.1) is 5.52 Å². The van der Waals surface area contributed by atoms with Gasteiger partial charge >= 0.3 is 0 Å². The van der Waals surface area contributed by atoms with Gasteiger partial charge in [-0.25, -0.2) is 4.98 Å². The van der Waals surface area contributed by atoms with Crippen LogP contribution in [-0.4, -0.2) is 16.1 Å². The van der Waals surface area contributed by atoms with Crippen LogP contribution in [0.3, 0.4) is 0 Å². The largest absolute Gasteiger partial charge is 0.350 e. The number of aryl methyl sites for hydroxylation is 1. The minimum atomic E-state index is 0.595. The van der Waals surface area contributed by atoms with E-state index in [1.54, 1.807) is 0 Å². The molecular formula is C22H24ClN3. The number of fused-ring (bicyclic) bond motifs is 2. The minimum absolute atomic E-state index is 0.595. The zero-order valence-electron chi connectivity index (χ0n) is 15.4. The fourth-order valence-electron chi connectivity index (χ4n) is 4.30. The molecule has 1 aromatic carbocycles. The number of rotatable bonds is 3. The van der Waals surface area contributed by atoms with Gasteiger partial charge in [-0.1, -0.05) is 35.9 Å². The average molecular weight is 366 g/mol. The number of anilines is 1. The highest BCUT2D eigenvalue weighted by molar-refractivity contribution is 6.30. The molecule has 0 N–H and O–H groups in total. The first-order valence-electron chi connectivity index (χ1n) is 9.59. The standard InChI is InChI=1S/C22H24ClN3/c1-14-15(2)26(12-16-7-8-16)21-19(14)11-20(23)24-22(21)25-10-9-17-5-3-4-6-18(17)13-25/h3-6,11,16H,7-10,12-13H2,1-2H3. The van der Waals surface area contributed by atoms with Crippen molar-refractivity contribution < 1.29 is 0 Å². The van der Waals surface area contributed by atoms with Crippen LogP contribution >= 0.6 is 11.6 Å². The van der Waals surface area contributed by atoms with Gasteiger partial charge < -0.3 is 9.47 Å². The lowest BCUT2D eigenvalue weighted by Crippen LogP contribution is -2.31. The second kappa shape index (κ2) is 6.02. The summed E-state index contributed by atoms with van der Waals surface area (Å²) in [6.45, 7) is 7.46. The van der Waals surface area contributed by atoms with E-state index in [4.69, 9.17) is 16.6 Å². The third-order valence-electron chi connectivity index (χ3n) is 6.13. The van der Waals surface area contributed by atoms with Gasteiger partial charge in [-0.05, 0) is 61.8 Å². The highest BCUT2D eigenvalue weighted by Crippen LogP contribution is 2.39. The molecule has 0 unspecified atom stereocenters. The molecule has 0 bridgehead atoms. The van der Waals surface area contributed by atoms with Crippen molar-refractivity contribution >= 4 is 28.3 Å². The van der Waals surface area contributed by atoms with Crippen molar-refractivity contribution in [2.75, 3.05) is 11.4 Å². The molecule has 3 heterocycles. The zero-order chi connectivity index (χ0) is 17.8. The molecule has 0 radical (unpaired) electrons. The van der Waals surface area contributed by atoms with E-state index in [1.807, 2.05) is 6.07 Å². The van der Waals surface area contributed by atoms with Crippen LogP contribution in [0.25, 0.3) is 10.9 Å². The molecule has 1 aliphatic heterocycles. The highest BCUT2D eigenvalue weighted by atomic mass is 35.5. The maximum absolute atomic E-state index is 6.45. The Morgan fingerprint density at radius 3 is 2.69 bits per heavy atom. The molecule has 0 amide bonds. The second-order valence-electron chi connectivity index (χ2n) is 7.87. The van der Waals surface area contributed by atoms with Crippen LogP contribution in [0.4, 0.5) is 5.82 Å². The first kappa shape index (κ1) is 16.2. The van der Waals surface area contributed by atoms with Gasteiger partial charge in [0.25, 0.3) is 0 Å². The molecule has 26 heavy (non-hydrogen) atoms. The molecule has 0 spiro atoms. The van der Waals surface area contributed by atoms with Gasteiger partial charge in [-0.3, -0.25) is 0 Å². The Morgan fingerprint density at radius 1 is 1.15 bits per heavy atom. The zero-order valence-corrected chi connectivity index (χ0v) is 16.2. The van der Waals surface area contributed by atoms with Crippen LogP contribution < -0.4 is 4.90 Å². The molecule has 3 aromatic rings. The van der Waals surface area contributed by atoms with Crippen LogP contribution in [0.1, 0.15) is 35.2 Å². The summed E-state index contributed by atoms with van der Waals surface area (Å²) in [6, 6.07) is 10.8. The normalized spacial score (nSPS) is 17.0. The van der Waals surface area contributed by atoms with Crippen molar-refractivity contribution in [1.82, 2.24) is 9.55 Å². The SMILES string of the molecule is Cc1c(C)n(CC2CC2)c2c(N3CCc4ccccc4C3)nc(Cl)cc12. The van der Waals surface area contributed by atoms with Crippen molar-refractivity contribution in [2.45, 2.75) is 46.2 Å². The summed E-state index contributed by atoms with van der Waals surface area (Å²) < 4.78 is 2.50. The lowest BCUT2D eigenvalue weighted by molar-refractivity contribution is 0.628. The fraction of sp³-hybridized carbons (Fsp3) is 0.409. The Balaban J connectivity index is 1.66. The van der Waals surface area contributed by atoms with Crippen molar-refractivity contribution in [2.24, 2.45) is 5.92 Å². The molecule has 0 saturated heterocycles. The Labute approximate surface area is 159 Å². The van der Waals surface area contributed by atoms with Crippen LogP contribution in [0.5, 0.6) is 0 Å². The van der Waals surface area contributed by atoms with Gasteiger partial charge in [0, 0.05) is 30.7 Å². The molecule has 5 rings (SSSR count). The summed E-state index contributed by atoms with van der Waals surface area (Å²) in [4.78, 5) is 7.23. The predicted octanol–water partition coefficient (Wildman–Crippen LogP) is 5.28. The molecule has 2 aromatic heterocycles. The maximum atomic E-state index is 6.45. The van der Waals surface area contributed by atoms with E-state index in [9.17, 15) is 0 Å². The van der Waals surface area contributed by atoms with Crippen molar-refractivity contribution in [3.8, 4) is 0 Å². The summed E-state index contributed by atoms with van der Waals surface area (Å²) in [5, 5.41) is 1.86. The van der Waals surface area contributed by atoms with Gasteiger partial charge in [-0.2, -0.15) is 0 Å². The van der Waals surface area contributed by atoms with E-state index in [-0.39, 0.29) is 0 Å². The third kappa shape index (κ3) is 2.61. The molecule has 3 nitrogen and oxygen atoms in total. The molecule has 4 heteroatoms. The Morgan fingerprint density at radius 2 is 1.92 bits per heavy atom. The van der Waals surface area contributed by atoms with Gasteiger partial charge in [0.15, 0.2) is 5.82 Å². The Bertz CT molecular complexity index is 1000. The van der Waals surface area contributed by atoms with Gasteiger partial charge in [0.1, 0.15) is 5.15 Å². The number of hydrogen-bond donors (Lipinski definition) is 0. The summed E-state index contributed by atoms with van der Waals surface area (Å²) in [6.07, 6.45) is 3.77. The number of aromatic nitrogens is 2. The van der Waals surface area contributed by atoms with Gasteiger partial charge in [-0.15, -0.1) is 0 Å². The number of halogens is 1. The number of nitrogens with zero attached hydrogens (tertiary/aromatic N) is 3. The van der Waals surface area contributed by atoms with Crippen molar-refractivity contribution in [1.29, 1.82) is 0 Å². The van der Waals surface area contributed by atoms with E-state index < -0.39 is 0 Å². The first-order valence-corrected chi connectivity index (χ1v) is 9.97. The monoisotopic (exact) mass is 365 g/mol. The average Bonchev–Trinajstić information content (AvgIpc) is 3.44. The lowest BCUT2D eigenvalue weighted by Gasteiger charge is -2.30. The van der Waals surface area contributed by atoms with E-state index in [1.165, 1.54) is 46.1 Å². The number of hydrogen-bond acceptors (Lipinski definition) is 2. The topological polar surface area (TPSA) is 21.1 Å². The summed E-state index contributed by atoms with van der Waals surface area (Å²) in [5.74, 6) is 1.88. The lowest BCUT2D eigenvalue weighted by atomic mass is 10.00. The molecular weight excluding hydrogens is 342 g/mol. The molecule has 0 atom stereocenters. The predicted molar refractivity (Wildman–Crippen MR) is 108 cm³/mol. The maximum Gasteiger partial charge on any atom is 0.155 e. The number of pyridine rings is 1. The summed E-state index contributed by atoms with van der Waals surface area (Å²) in [5.41, 5.74) is 6.83. The van der Waals surface area contributed by atoms with Gasteiger partial charge in [0.2, 0.25) is 0 Å². The smallest absolute Gasteiger partial charge is 0.155 e. The van der Waals surface area contributed by atoms with Crippen LogP contribution in [-0.2, 0) is 19.5 Å². The molecule has 1 aliphatic carbocycles. The van der Waals surface area contributed by atoms with E-state index in [0.717, 1.165) is 37.8 Å². The molecule has 134 valence electrons. The number of benzene rings is 1. The third-order valence-corrected chi connectivity index (χ3v) is 6.33. The Kier molecular flexibility index (Phi) is 3.75. The molecule has 2 aliphatic rings. The highest BCUT2D eigenvalue weighted by Gasteiger charge is 2.27. The van der Waals surface area contributed by atoms with Crippen molar-refractivity contribution in [3.05, 3.63) is 57.9 Å². The van der Waals surface area contributed by atoms with Crippen molar-refractivity contribution in [3.63, 3.8) is 0 Å². The molecule has 1 saturated carbocycles. The van der Waals surface area contributed by atoms with E-state index in [2.05, 4.69) is 47.6 Å². The fourth-order valence-corrected chi connectivity index (χ4v) is 4.48. The van der Waals surface area contributed by atoms with E-state index >= 15 is 0 Å². The molecule has 1 fully saturated rings.